The Kier molecular flexibility index (Phi) is 4.76. The monoisotopic (exact) mass is 254 g/mol. The van der Waals surface area contributed by atoms with Crippen molar-refractivity contribution in [1.82, 2.24) is 10.3 Å². The van der Waals surface area contributed by atoms with Gasteiger partial charge in [-0.05, 0) is 24.5 Å². The van der Waals surface area contributed by atoms with Crippen LogP contribution in [0, 0.1) is 11.9 Å². The summed E-state index contributed by atoms with van der Waals surface area (Å²) in [7, 11) is 0. The van der Waals surface area contributed by atoms with Crippen LogP contribution in [0.15, 0.2) is 18.3 Å². The zero-order chi connectivity index (χ0) is 13.7. The van der Waals surface area contributed by atoms with Gasteiger partial charge in [-0.15, -0.1) is 0 Å². The second-order valence-corrected chi connectivity index (χ2v) is 4.36. The van der Waals surface area contributed by atoms with Gasteiger partial charge in [-0.3, -0.25) is 4.79 Å². The number of carbonyl (C=O) groups is 2. The minimum absolute atomic E-state index is 0.131. The standard InChI is InChI=1S/C12H15FN2O3/c1-7(2)5-9(12(17)18)15-11(16)8-3-4-10(13)14-6-8/h3-4,6-7,9H,5H2,1-2H3,(H,15,16)(H,17,18)/t9-/m1/s1. The highest BCUT2D eigenvalue weighted by Gasteiger charge is 2.21. The van der Waals surface area contributed by atoms with E-state index < -0.39 is 23.9 Å². The molecule has 98 valence electrons. The van der Waals surface area contributed by atoms with Crippen molar-refractivity contribution in [2.45, 2.75) is 26.3 Å². The molecule has 0 fully saturated rings. The molecule has 0 aliphatic heterocycles. The summed E-state index contributed by atoms with van der Waals surface area (Å²) in [5.74, 6) is -2.22. The van der Waals surface area contributed by atoms with Gasteiger partial charge in [0.25, 0.3) is 5.91 Å². The third kappa shape index (κ3) is 4.12. The van der Waals surface area contributed by atoms with E-state index in [0.29, 0.717) is 6.42 Å². The average molecular weight is 254 g/mol. The maximum atomic E-state index is 12.6. The van der Waals surface area contributed by atoms with Crippen molar-refractivity contribution in [2.24, 2.45) is 5.92 Å². The van der Waals surface area contributed by atoms with Crippen LogP contribution in [0.1, 0.15) is 30.6 Å². The summed E-state index contributed by atoms with van der Waals surface area (Å²) >= 11 is 0. The first-order chi connectivity index (χ1) is 8.40. The van der Waals surface area contributed by atoms with Crippen molar-refractivity contribution >= 4 is 11.9 Å². The lowest BCUT2D eigenvalue weighted by Gasteiger charge is -2.16. The number of halogens is 1. The van der Waals surface area contributed by atoms with Gasteiger partial charge >= 0.3 is 5.97 Å². The number of carboxylic acids is 1. The number of aromatic nitrogens is 1. The molecule has 0 saturated carbocycles. The fourth-order valence-electron chi connectivity index (χ4n) is 1.44. The number of aliphatic carboxylic acids is 1. The second kappa shape index (κ2) is 6.09. The molecule has 0 bridgehead atoms. The van der Waals surface area contributed by atoms with Gasteiger partial charge in [0.05, 0.1) is 5.56 Å². The molecule has 1 aromatic rings. The Morgan fingerprint density at radius 2 is 2.11 bits per heavy atom. The van der Waals surface area contributed by atoms with Crippen LogP contribution in [0.2, 0.25) is 0 Å². The second-order valence-electron chi connectivity index (χ2n) is 4.36. The first-order valence-electron chi connectivity index (χ1n) is 5.55. The first kappa shape index (κ1) is 14.1. The summed E-state index contributed by atoms with van der Waals surface area (Å²) in [5.41, 5.74) is 0.131. The third-order valence-corrected chi connectivity index (χ3v) is 2.30. The highest BCUT2D eigenvalue weighted by molar-refractivity contribution is 5.96. The van der Waals surface area contributed by atoms with Crippen LogP contribution < -0.4 is 5.32 Å². The molecule has 5 nitrogen and oxygen atoms in total. The number of carbonyl (C=O) groups excluding carboxylic acids is 1. The molecule has 1 heterocycles. The van der Waals surface area contributed by atoms with Crippen molar-refractivity contribution in [3.63, 3.8) is 0 Å². The molecule has 0 aromatic carbocycles. The summed E-state index contributed by atoms with van der Waals surface area (Å²) in [6, 6.07) is 1.35. The quantitative estimate of drug-likeness (QED) is 0.779. The summed E-state index contributed by atoms with van der Waals surface area (Å²) in [5, 5.41) is 11.4. The predicted octanol–water partition coefficient (Wildman–Crippen LogP) is 1.45. The van der Waals surface area contributed by atoms with E-state index in [9.17, 15) is 14.0 Å². The first-order valence-corrected chi connectivity index (χ1v) is 5.55. The molecule has 0 radical (unpaired) electrons. The maximum absolute atomic E-state index is 12.6. The molecule has 0 spiro atoms. The van der Waals surface area contributed by atoms with Crippen molar-refractivity contribution < 1.29 is 19.1 Å². The largest absolute Gasteiger partial charge is 0.480 e. The number of rotatable bonds is 5. The molecule has 1 aromatic heterocycles. The van der Waals surface area contributed by atoms with Crippen molar-refractivity contribution in [1.29, 1.82) is 0 Å². The van der Waals surface area contributed by atoms with E-state index >= 15 is 0 Å². The topological polar surface area (TPSA) is 79.3 Å². The molecule has 0 aliphatic rings. The van der Waals surface area contributed by atoms with Crippen LogP contribution in [-0.2, 0) is 4.79 Å². The van der Waals surface area contributed by atoms with Gasteiger partial charge in [0.1, 0.15) is 6.04 Å². The highest BCUT2D eigenvalue weighted by Crippen LogP contribution is 2.06. The van der Waals surface area contributed by atoms with Crippen molar-refractivity contribution in [2.75, 3.05) is 0 Å². The van der Waals surface area contributed by atoms with Crippen molar-refractivity contribution in [3.05, 3.63) is 29.8 Å². The number of nitrogens with one attached hydrogen (secondary N) is 1. The van der Waals surface area contributed by atoms with E-state index in [1.54, 1.807) is 0 Å². The third-order valence-electron chi connectivity index (χ3n) is 2.30. The molecule has 0 aliphatic carbocycles. The molecular weight excluding hydrogens is 239 g/mol. The Hall–Kier alpha value is -1.98. The van der Waals surface area contributed by atoms with Crippen LogP contribution in [-0.4, -0.2) is 28.0 Å². The minimum Gasteiger partial charge on any atom is -0.480 e. The Morgan fingerprint density at radius 3 is 2.56 bits per heavy atom. The van der Waals surface area contributed by atoms with Gasteiger partial charge in [0, 0.05) is 6.20 Å². The number of amides is 1. The average Bonchev–Trinajstić information content (AvgIpc) is 2.28. The Bertz CT molecular complexity index is 431. The number of nitrogens with zero attached hydrogens (tertiary/aromatic N) is 1. The number of hydrogen-bond acceptors (Lipinski definition) is 3. The van der Waals surface area contributed by atoms with Gasteiger partial charge in [-0.1, -0.05) is 13.8 Å². The zero-order valence-electron chi connectivity index (χ0n) is 10.2. The van der Waals surface area contributed by atoms with Gasteiger partial charge in [-0.25, -0.2) is 9.78 Å². The van der Waals surface area contributed by atoms with Gasteiger partial charge in [0.15, 0.2) is 0 Å². The van der Waals surface area contributed by atoms with Crippen LogP contribution in [0.3, 0.4) is 0 Å². The van der Waals surface area contributed by atoms with E-state index in [1.165, 1.54) is 6.07 Å². The fourth-order valence-corrected chi connectivity index (χ4v) is 1.44. The number of pyridine rings is 1. The highest BCUT2D eigenvalue weighted by atomic mass is 19.1. The fraction of sp³-hybridized carbons (Fsp3) is 0.417. The van der Waals surface area contributed by atoms with Crippen LogP contribution >= 0.6 is 0 Å². The van der Waals surface area contributed by atoms with Crippen molar-refractivity contribution in [3.8, 4) is 0 Å². The molecule has 18 heavy (non-hydrogen) atoms. The maximum Gasteiger partial charge on any atom is 0.326 e. The molecule has 2 N–H and O–H groups in total. The Balaban J connectivity index is 2.72. The predicted molar refractivity (Wildman–Crippen MR) is 62.5 cm³/mol. The molecular formula is C12H15FN2O3. The minimum atomic E-state index is -1.09. The van der Waals surface area contributed by atoms with Crippen LogP contribution in [0.4, 0.5) is 4.39 Å². The lowest BCUT2D eigenvalue weighted by Crippen LogP contribution is -2.41. The van der Waals surface area contributed by atoms with Crippen LogP contribution in [0.25, 0.3) is 0 Å². The Labute approximate surface area is 104 Å². The molecule has 1 atom stereocenters. The lowest BCUT2D eigenvalue weighted by atomic mass is 10.0. The molecule has 1 amide bonds. The van der Waals surface area contributed by atoms with Crippen LogP contribution in [0.5, 0.6) is 0 Å². The number of carboxylic acid groups (broad SMARTS) is 1. The lowest BCUT2D eigenvalue weighted by molar-refractivity contribution is -0.139. The summed E-state index contributed by atoms with van der Waals surface area (Å²) in [6.07, 6.45) is 1.40. The molecule has 6 heteroatoms. The van der Waals surface area contributed by atoms with E-state index in [-0.39, 0.29) is 11.5 Å². The Morgan fingerprint density at radius 1 is 1.44 bits per heavy atom. The van der Waals surface area contributed by atoms with E-state index in [2.05, 4.69) is 10.3 Å². The molecule has 0 unspecified atom stereocenters. The van der Waals surface area contributed by atoms with E-state index in [1.807, 2.05) is 13.8 Å². The smallest absolute Gasteiger partial charge is 0.326 e. The summed E-state index contributed by atoms with van der Waals surface area (Å²) in [6.45, 7) is 3.73. The van der Waals surface area contributed by atoms with E-state index in [0.717, 1.165) is 12.3 Å². The van der Waals surface area contributed by atoms with Gasteiger partial charge in [0.2, 0.25) is 5.95 Å². The normalized spacial score (nSPS) is 12.2. The molecule has 1 rings (SSSR count). The zero-order valence-corrected chi connectivity index (χ0v) is 10.2. The van der Waals surface area contributed by atoms with Gasteiger partial charge < -0.3 is 10.4 Å². The SMILES string of the molecule is CC(C)C[C@@H](NC(=O)c1ccc(F)nc1)C(=O)O. The summed E-state index contributed by atoms with van der Waals surface area (Å²) in [4.78, 5) is 26.0. The summed E-state index contributed by atoms with van der Waals surface area (Å²) < 4.78 is 12.6. The van der Waals surface area contributed by atoms with Gasteiger partial charge in [-0.2, -0.15) is 4.39 Å². The molecule has 0 saturated heterocycles. The van der Waals surface area contributed by atoms with E-state index in [4.69, 9.17) is 5.11 Å². The number of hydrogen-bond donors (Lipinski definition) is 2.